The highest BCUT2D eigenvalue weighted by Crippen LogP contribution is 2.63. The Balaban J connectivity index is 1.91. The van der Waals surface area contributed by atoms with Gasteiger partial charge in [0, 0.05) is 12.8 Å². The highest BCUT2D eigenvalue weighted by atomic mass is 35.5. The summed E-state index contributed by atoms with van der Waals surface area (Å²) in [5.74, 6) is 11.7. The van der Waals surface area contributed by atoms with E-state index in [1.165, 1.54) is 5.56 Å². The van der Waals surface area contributed by atoms with Crippen LogP contribution < -0.4 is 0 Å². The van der Waals surface area contributed by atoms with Gasteiger partial charge >= 0.3 is 0 Å². The fourth-order valence-electron chi connectivity index (χ4n) is 1.49. The first kappa shape index (κ1) is 12.4. The molecule has 0 bridgehead atoms. The molecule has 1 atom stereocenters. The summed E-state index contributed by atoms with van der Waals surface area (Å²) in [6.45, 7) is 1.96. The Hall–Kier alpha value is -1.08. The maximum atomic E-state index is 5.97. The standard InChI is InChI=1S/C15H12Cl2/c1-14(12-15(14,16)17)11-7-3-6-10-13-8-4-2-5-9-13/h2,4-5,8-9H,10,12H2,1H3/t14-/m1/s1. The molecular weight excluding hydrogens is 251 g/mol. The van der Waals surface area contributed by atoms with E-state index in [0.29, 0.717) is 0 Å². The van der Waals surface area contributed by atoms with Crippen molar-refractivity contribution in [2.24, 2.45) is 5.41 Å². The Labute approximate surface area is 112 Å². The predicted octanol–water partition coefficient (Wildman–Crippen LogP) is 3.82. The molecule has 0 amide bonds. The van der Waals surface area contributed by atoms with E-state index in [1.54, 1.807) is 0 Å². The van der Waals surface area contributed by atoms with E-state index < -0.39 is 4.33 Å². The van der Waals surface area contributed by atoms with Gasteiger partial charge in [0.25, 0.3) is 0 Å². The normalized spacial score (nSPS) is 23.9. The highest BCUT2D eigenvalue weighted by Gasteiger charge is 2.62. The van der Waals surface area contributed by atoms with Crippen LogP contribution in [0.1, 0.15) is 18.9 Å². The maximum Gasteiger partial charge on any atom is 0.136 e. The minimum Gasteiger partial charge on any atom is -0.0999 e. The van der Waals surface area contributed by atoms with Crippen LogP contribution in [0.4, 0.5) is 0 Å². The van der Waals surface area contributed by atoms with Gasteiger partial charge in [0.2, 0.25) is 0 Å². The molecular formula is C15H12Cl2. The van der Waals surface area contributed by atoms with Crippen molar-refractivity contribution in [3.05, 3.63) is 35.9 Å². The molecule has 1 fully saturated rings. The lowest BCUT2D eigenvalue weighted by atomic mass is 10.1. The van der Waals surface area contributed by atoms with Crippen LogP contribution in [0.15, 0.2) is 30.3 Å². The quantitative estimate of drug-likeness (QED) is 0.533. The van der Waals surface area contributed by atoms with Crippen molar-refractivity contribution >= 4 is 23.2 Å². The zero-order valence-electron chi connectivity index (χ0n) is 9.56. The van der Waals surface area contributed by atoms with Crippen molar-refractivity contribution < 1.29 is 0 Å². The number of hydrogen-bond acceptors (Lipinski definition) is 0. The van der Waals surface area contributed by atoms with Crippen LogP contribution >= 0.6 is 23.2 Å². The number of hydrogen-bond donors (Lipinski definition) is 0. The topological polar surface area (TPSA) is 0 Å². The van der Waals surface area contributed by atoms with Crippen LogP contribution in [0.25, 0.3) is 0 Å². The molecule has 0 aromatic heterocycles. The summed E-state index contributed by atoms with van der Waals surface area (Å²) in [6, 6.07) is 10.1. The van der Waals surface area contributed by atoms with E-state index in [2.05, 4.69) is 23.7 Å². The molecule has 1 saturated carbocycles. The van der Waals surface area contributed by atoms with Crippen molar-refractivity contribution in [1.82, 2.24) is 0 Å². The molecule has 17 heavy (non-hydrogen) atoms. The molecule has 1 aromatic rings. The zero-order chi connectivity index (χ0) is 12.4. The van der Waals surface area contributed by atoms with Gasteiger partial charge < -0.3 is 0 Å². The Morgan fingerprint density at radius 3 is 2.41 bits per heavy atom. The molecule has 1 aromatic carbocycles. The van der Waals surface area contributed by atoms with Gasteiger partial charge in [-0.05, 0) is 24.3 Å². The summed E-state index contributed by atoms with van der Waals surface area (Å²) in [5.41, 5.74) is 0.917. The van der Waals surface area contributed by atoms with E-state index in [1.807, 2.05) is 37.3 Å². The van der Waals surface area contributed by atoms with Gasteiger partial charge in [-0.2, -0.15) is 0 Å². The van der Waals surface area contributed by atoms with Crippen molar-refractivity contribution in [1.29, 1.82) is 0 Å². The van der Waals surface area contributed by atoms with Crippen LogP contribution in [0, 0.1) is 29.1 Å². The van der Waals surface area contributed by atoms with Gasteiger partial charge in [-0.1, -0.05) is 65.4 Å². The van der Waals surface area contributed by atoms with Gasteiger partial charge in [-0.3, -0.25) is 0 Å². The molecule has 0 nitrogen and oxygen atoms in total. The number of rotatable bonds is 1. The van der Waals surface area contributed by atoms with Crippen LogP contribution in [0.5, 0.6) is 0 Å². The number of benzene rings is 1. The van der Waals surface area contributed by atoms with Crippen LogP contribution in [-0.4, -0.2) is 4.33 Å². The molecule has 0 heterocycles. The first-order valence-corrected chi connectivity index (χ1v) is 6.21. The number of halogens is 2. The van der Waals surface area contributed by atoms with Crippen molar-refractivity contribution in [3.63, 3.8) is 0 Å². The van der Waals surface area contributed by atoms with Crippen LogP contribution in [-0.2, 0) is 6.42 Å². The second-order valence-electron chi connectivity index (χ2n) is 4.43. The van der Waals surface area contributed by atoms with Crippen molar-refractivity contribution in [2.75, 3.05) is 0 Å². The molecule has 86 valence electrons. The predicted molar refractivity (Wildman–Crippen MR) is 72.9 cm³/mol. The minimum atomic E-state index is -0.679. The lowest BCUT2D eigenvalue weighted by Crippen LogP contribution is -1.99. The Kier molecular flexibility index (Phi) is 3.39. The van der Waals surface area contributed by atoms with E-state index in [9.17, 15) is 0 Å². The molecule has 1 aliphatic rings. The lowest BCUT2D eigenvalue weighted by Gasteiger charge is -1.99. The molecule has 2 heteroatoms. The van der Waals surface area contributed by atoms with Crippen LogP contribution in [0.2, 0.25) is 0 Å². The molecule has 0 saturated heterocycles. The van der Waals surface area contributed by atoms with Gasteiger partial charge in [0.15, 0.2) is 0 Å². The Bertz CT molecular complexity index is 523. The Morgan fingerprint density at radius 1 is 1.18 bits per heavy atom. The SMILES string of the molecule is C[C@@]1(C#CC#CCc2ccccc2)CC1(Cl)Cl. The van der Waals surface area contributed by atoms with Crippen molar-refractivity contribution in [3.8, 4) is 23.7 Å². The first-order valence-electron chi connectivity index (χ1n) is 5.45. The average Bonchev–Trinajstić information content (AvgIpc) is 2.79. The molecule has 0 spiro atoms. The van der Waals surface area contributed by atoms with Gasteiger partial charge in [0.1, 0.15) is 4.33 Å². The lowest BCUT2D eigenvalue weighted by molar-refractivity contribution is 0.768. The molecule has 0 aliphatic heterocycles. The van der Waals surface area contributed by atoms with Crippen LogP contribution in [0.3, 0.4) is 0 Å². The number of alkyl halides is 2. The van der Waals surface area contributed by atoms with E-state index in [4.69, 9.17) is 23.2 Å². The van der Waals surface area contributed by atoms with E-state index >= 15 is 0 Å². The molecule has 0 radical (unpaired) electrons. The van der Waals surface area contributed by atoms with Gasteiger partial charge in [0.05, 0.1) is 5.41 Å². The fraction of sp³-hybridized carbons (Fsp3) is 0.333. The van der Waals surface area contributed by atoms with E-state index in [-0.39, 0.29) is 5.41 Å². The first-order chi connectivity index (χ1) is 8.04. The third-order valence-corrected chi connectivity index (χ3v) is 3.98. The maximum absolute atomic E-state index is 5.97. The molecule has 0 N–H and O–H groups in total. The summed E-state index contributed by atoms with van der Waals surface area (Å²) in [5, 5.41) is 0. The average molecular weight is 263 g/mol. The third kappa shape index (κ3) is 2.98. The third-order valence-electron chi connectivity index (χ3n) is 2.88. The summed E-state index contributed by atoms with van der Waals surface area (Å²) >= 11 is 11.9. The largest absolute Gasteiger partial charge is 0.136 e. The van der Waals surface area contributed by atoms with Gasteiger partial charge in [-0.25, -0.2) is 0 Å². The monoisotopic (exact) mass is 262 g/mol. The second-order valence-corrected chi connectivity index (χ2v) is 5.91. The Morgan fingerprint density at radius 2 is 1.82 bits per heavy atom. The minimum absolute atomic E-state index is 0.280. The summed E-state index contributed by atoms with van der Waals surface area (Å²) in [4.78, 5) is 0. The summed E-state index contributed by atoms with van der Waals surface area (Å²) < 4.78 is -0.679. The van der Waals surface area contributed by atoms with Gasteiger partial charge in [-0.15, -0.1) is 0 Å². The summed E-state index contributed by atoms with van der Waals surface area (Å²) in [6.07, 6.45) is 1.44. The summed E-state index contributed by atoms with van der Waals surface area (Å²) in [7, 11) is 0. The zero-order valence-corrected chi connectivity index (χ0v) is 11.1. The molecule has 2 rings (SSSR count). The second kappa shape index (κ2) is 4.66. The molecule has 0 unspecified atom stereocenters. The van der Waals surface area contributed by atoms with E-state index in [0.717, 1.165) is 12.8 Å². The fourth-order valence-corrected chi connectivity index (χ4v) is 2.12. The highest BCUT2D eigenvalue weighted by molar-refractivity contribution is 6.51. The smallest absolute Gasteiger partial charge is 0.0999 e. The molecule has 1 aliphatic carbocycles. The van der Waals surface area contributed by atoms with Crippen molar-refractivity contribution in [2.45, 2.75) is 24.1 Å².